The molecule has 1 aromatic heterocycles. The Hall–Kier alpha value is -0.830. The van der Waals surface area contributed by atoms with Gasteiger partial charge in [-0.25, -0.2) is 0 Å². The summed E-state index contributed by atoms with van der Waals surface area (Å²) in [6.45, 7) is 1.19. The average Bonchev–Trinajstić information content (AvgIpc) is 2.76. The molecule has 1 N–H and O–H groups in total. The first-order chi connectivity index (χ1) is 9.42. The quantitative estimate of drug-likeness (QED) is 0.903. The minimum atomic E-state index is 0.650. The number of hydrogen-bond donors (Lipinski definition) is 1. The molecule has 0 amide bonds. The van der Waals surface area contributed by atoms with E-state index in [4.69, 9.17) is 5.10 Å². The third-order valence-electron chi connectivity index (χ3n) is 4.73. The van der Waals surface area contributed by atoms with Gasteiger partial charge in [0.25, 0.3) is 0 Å². The molecule has 3 heteroatoms. The van der Waals surface area contributed by atoms with E-state index in [1.165, 1.54) is 70.0 Å². The van der Waals surface area contributed by atoms with Crippen molar-refractivity contribution in [2.75, 3.05) is 6.54 Å². The Balaban J connectivity index is 1.57. The second kappa shape index (κ2) is 6.56. The summed E-state index contributed by atoms with van der Waals surface area (Å²) >= 11 is 0. The van der Waals surface area contributed by atoms with Gasteiger partial charge in [-0.15, -0.1) is 0 Å². The van der Waals surface area contributed by atoms with E-state index in [0.717, 1.165) is 6.42 Å². The van der Waals surface area contributed by atoms with Gasteiger partial charge in [-0.1, -0.05) is 32.1 Å². The maximum atomic E-state index is 4.84. The molecule has 0 aromatic carbocycles. The van der Waals surface area contributed by atoms with E-state index in [2.05, 4.69) is 22.3 Å². The van der Waals surface area contributed by atoms with Crippen LogP contribution in [0.3, 0.4) is 0 Å². The predicted octanol–water partition coefficient (Wildman–Crippen LogP) is 3.46. The van der Waals surface area contributed by atoms with Gasteiger partial charge in [0.2, 0.25) is 0 Å². The molecule has 2 fully saturated rings. The second-order valence-electron chi connectivity index (χ2n) is 6.28. The van der Waals surface area contributed by atoms with E-state index >= 15 is 0 Å². The molecule has 106 valence electrons. The summed E-state index contributed by atoms with van der Waals surface area (Å²) in [6, 6.07) is 3.56. The molecule has 1 saturated heterocycles. The molecule has 1 aliphatic heterocycles. The van der Waals surface area contributed by atoms with E-state index < -0.39 is 0 Å². The van der Waals surface area contributed by atoms with Gasteiger partial charge in [0.05, 0.1) is 11.7 Å². The van der Waals surface area contributed by atoms with Gasteiger partial charge in [0.1, 0.15) is 0 Å². The highest BCUT2D eigenvalue weighted by Gasteiger charge is 2.17. The minimum absolute atomic E-state index is 0.650. The maximum Gasteiger partial charge on any atom is 0.0640 e. The van der Waals surface area contributed by atoms with Crippen molar-refractivity contribution in [2.24, 2.45) is 0 Å². The van der Waals surface area contributed by atoms with E-state index in [1.807, 2.05) is 0 Å². The SMILES string of the molecule is c1cn(C2CCCCC2)nc1CC1CCCCCN1. The molecule has 1 atom stereocenters. The van der Waals surface area contributed by atoms with Crippen LogP contribution in [-0.2, 0) is 6.42 Å². The van der Waals surface area contributed by atoms with Gasteiger partial charge in [-0.3, -0.25) is 4.68 Å². The van der Waals surface area contributed by atoms with Crippen LogP contribution in [0.15, 0.2) is 12.3 Å². The van der Waals surface area contributed by atoms with E-state index in [-0.39, 0.29) is 0 Å². The standard InChI is InChI=1S/C16H27N3/c1-4-8-16(9-5-1)19-12-10-15(18-19)13-14-7-3-2-6-11-17-14/h10,12,14,16-17H,1-9,11,13H2. The second-order valence-corrected chi connectivity index (χ2v) is 6.28. The highest BCUT2D eigenvalue weighted by Crippen LogP contribution is 2.27. The Morgan fingerprint density at radius 2 is 1.84 bits per heavy atom. The number of nitrogens with one attached hydrogen (secondary N) is 1. The molecule has 2 heterocycles. The van der Waals surface area contributed by atoms with Gasteiger partial charge in [-0.2, -0.15) is 5.10 Å². The zero-order chi connectivity index (χ0) is 12.9. The fourth-order valence-corrected chi connectivity index (χ4v) is 3.56. The summed E-state index contributed by atoms with van der Waals surface area (Å²) < 4.78 is 2.24. The fourth-order valence-electron chi connectivity index (χ4n) is 3.56. The average molecular weight is 261 g/mol. The van der Waals surface area contributed by atoms with Gasteiger partial charge >= 0.3 is 0 Å². The van der Waals surface area contributed by atoms with Crippen LogP contribution >= 0.6 is 0 Å². The predicted molar refractivity (Wildman–Crippen MR) is 78.3 cm³/mol. The normalized spacial score (nSPS) is 26.2. The lowest BCUT2D eigenvalue weighted by Crippen LogP contribution is -2.30. The molecule has 1 aromatic rings. The van der Waals surface area contributed by atoms with Crippen molar-refractivity contribution in [1.29, 1.82) is 0 Å². The van der Waals surface area contributed by atoms with Crippen molar-refractivity contribution in [1.82, 2.24) is 15.1 Å². The molecule has 0 radical (unpaired) electrons. The highest BCUT2D eigenvalue weighted by molar-refractivity contribution is 5.03. The van der Waals surface area contributed by atoms with Crippen LogP contribution in [0.2, 0.25) is 0 Å². The molecular weight excluding hydrogens is 234 g/mol. The monoisotopic (exact) mass is 261 g/mol. The van der Waals surface area contributed by atoms with E-state index in [0.29, 0.717) is 12.1 Å². The number of hydrogen-bond acceptors (Lipinski definition) is 2. The summed E-state index contributed by atoms with van der Waals surface area (Å²) in [4.78, 5) is 0. The Kier molecular flexibility index (Phi) is 4.54. The van der Waals surface area contributed by atoms with Crippen molar-refractivity contribution in [2.45, 2.75) is 76.3 Å². The van der Waals surface area contributed by atoms with Crippen molar-refractivity contribution >= 4 is 0 Å². The molecule has 0 bridgehead atoms. The number of rotatable bonds is 3. The first-order valence-electron chi connectivity index (χ1n) is 8.19. The molecule has 19 heavy (non-hydrogen) atoms. The Bertz CT molecular complexity index is 371. The van der Waals surface area contributed by atoms with Crippen LogP contribution in [0.5, 0.6) is 0 Å². The molecule has 3 rings (SSSR count). The Morgan fingerprint density at radius 3 is 2.74 bits per heavy atom. The van der Waals surface area contributed by atoms with Crippen LogP contribution in [0, 0.1) is 0 Å². The molecular formula is C16H27N3. The van der Waals surface area contributed by atoms with E-state index in [1.54, 1.807) is 0 Å². The van der Waals surface area contributed by atoms with Gasteiger partial charge < -0.3 is 5.32 Å². The van der Waals surface area contributed by atoms with Crippen molar-refractivity contribution in [3.05, 3.63) is 18.0 Å². The lowest BCUT2D eigenvalue weighted by Gasteiger charge is -2.22. The maximum absolute atomic E-state index is 4.84. The van der Waals surface area contributed by atoms with E-state index in [9.17, 15) is 0 Å². The van der Waals surface area contributed by atoms with Gasteiger partial charge in [0, 0.05) is 18.7 Å². The number of nitrogens with zero attached hydrogens (tertiary/aromatic N) is 2. The molecule has 1 aliphatic carbocycles. The third-order valence-corrected chi connectivity index (χ3v) is 4.73. The first kappa shape index (κ1) is 13.2. The fraction of sp³-hybridized carbons (Fsp3) is 0.812. The number of aromatic nitrogens is 2. The van der Waals surface area contributed by atoms with Gasteiger partial charge in [0.15, 0.2) is 0 Å². The van der Waals surface area contributed by atoms with Crippen molar-refractivity contribution in [3.63, 3.8) is 0 Å². The van der Waals surface area contributed by atoms with Crippen molar-refractivity contribution in [3.8, 4) is 0 Å². The zero-order valence-corrected chi connectivity index (χ0v) is 12.0. The zero-order valence-electron chi connectivity index (χ0n) is 12.0. The lowest BCUT2D eigenvalue weighted by atomic mass is 9.96. The van der Waals surface area contributed by atoms with Crippen LogP contribution < -0.4 is 5.32 Å². The topological polar surface area (TPSA) is 29.9 Å². The van der Waals surface area contributed by atoms with Crippen LogP contribution in [0.1, 0.15) is 69.5 Å². The van der Waals surface area contributed by atoms with Crippen molar-refractivity contribution < 1.29 is 0 Å². The lowest BCUT2D eigenvalue weighted by molar-refractivity contribution is 0.327. The Morgan fingerprint density at radius 1 is 1.05 bits per heavy atom. The van der Waals surface area contributed by atoms with Gasteiger partial charge in [-0.05, 0) is 38.3 Å². The summed E-state index contributed by atoms with van der Waals surface area (Å²) in [7, 11) is 0. The molecule has 1 saturated carbocycles. The summed E-state index contributed by atoms with van der Waals surface area (Å²) in [5.74, 6) is 0. The highest BCUT2D eigenvalue weighted by atomic mass is 15.3. The molecule has 0 spiro atoms. The first-order valence-corrected chi connectivity index (χ1v) is 8.19. The summed E-state index contributed by atoms with van der Waals surface area (Å²) in [6.07, 6.45) is 15.6. The minimum Gasteiger partial charge on any atom is -0.314 e. The Labute approximate surface area is 116 Å². The van der Waals surface area contributed by atoms with Crippen LogP contribution in [0.25, 0.3) is 0 Å². The van der Waals surface area contributed by atoms with Crippen LogP contribution in [0.4, 0.5) is 0 Å². The summed E-state index contributed by atoms with van der Waals surface area (Å²) in [5.41, 5.74) is 1.28. The van der Waals surface area contributed by atoms with Crippen LogP contribution in [-0.4, -0.2) is 22.4 Å². The molecule has 1 unspecified atom stereocenters. The molecule has 3 nitrogen and oxygen atoms in total. The largest absolute Gasteiger partial charge is 0.314 e. The third kappa shape index (κ3) is 3.59. The molecule has 2 aliphatic rings. The summed E-state index contributed by atoms with van der Waals surface area (Å²) in [5, 5.41) is 8.50. The smallest absolute Gasteiger partial charge is 0.0640 e.